The lowest BCUT2D eigenvalue weighted by molar-refractivity contribution is -0.359. The zero-order valence-electron chi connectivity index (χ0n) is 17.5. The van der Waals surface area contributed by atoms with E-state index in [4.69, 9.17) is 14.2 Å². The van der Waals surface area contributed by atoms with Crippen LogP contribution in [0.25, 0.3) is 0 Å². The molecule has 0 saturated carbocycles. The number of esters is 1. The van der Waals surface area contributed by atoms with Crippen LogP contribution in [0.4, 0.5) is 0 Å². The molecule has 168 valence electrons. The molecular weight excluding hydrogens is 392 g/mol. The van der Waals surface area contributed by atoms with E-state index in [0.29, 0.717) is 12.0 Å². The highest BCUT2D eigenvalue weighted by atomic mass is 16.7. The number of methoxy groups -OCH3 is 1. The van der Waals surface area contributed by atoms with Crippen molar-refractivity contribution in [1.82, 2.24) is 0 Å². The van der Waals surface area contributed by atoms with E-state index in [1.807, 2.05) is 19.9 Å². The Labute approximate surface area is 176 Å². The fourth-order valence-electron chi connectivity index (χ4n) is 4.61. The van der Waals surface area contributed by atoms with E-state index in [2.05, 4.69) is 0 Å². The lowest BCUT2D eigenvalue weighted by Crippen LogP contribution is -2.66. The molecule has 2 aliphatic rings. The first-order valence-corrected chi connectivity index (χ1v) is 10.4. The molecule has 30 heavy (non-hydrogen) atoms. The Morgan fingerprint density at radius 2 is 1.70 bits per heavy atom. The van der Waals surface area contributed by atoms with Gasteiger partial charge < -0.3 is 34.6 Å². The molecule has 8 nitrogen and oxygen atoms in total. The molecule has 2 unspecified atom stereocenters. The molecule has 0 aliphatic carbocycles. The number of benzene rings is 1. The maximum Gasteiger partial charge on any atom is 0.306 e. The number of carbonyl (C=O) groups excluding carboxylic acids is 1. The summed E-state index contributed by atoms with van der Waals surface area (Å²) in [5, 5.41) is 43.2. The van der Waals surface area contributed by atoms with Crippen molar-refractivity contribution in [2.75, 3.05) is 7.11 Å². The Hall–Kier alpha value is -1.55. The summed E-state index contributed by atoms with van der Waals surface area (Å²) in [5.74, 6) is -3.21. The van der Waals surface area contributed by atoms with Crippen LogP contribution >= 0.6 is 0 Å². The van der Waals surface area contributed by atoms with Crippen molar-refractivity contribution in [3.63, 3.8) is 0 Å². The van der Waals surface area contributed by atoms with Gasteiger partial charge in [0.2, 0.25) is 0 Å². The van der Waals surface area contributed by atoms with Gasteiger partial charge in [0.25, 0.3) is 0 Å². The molecule has 2 fully saturated rings. The Bertz CT molecular complexity index is 712. The summed E-state index contributed by atoms with van der Waals surface area (Å²) in [6.45, 7) is 3.65. The third-order valence-electron chi connectivity index (χ3n) is 6.31. The minimum Gasteiger partial charge on any atom is -0.455 e. The van der Waals surface area contributed by atoms with Gasteiger partial charge in [0.15, 0.2) is 11.9 Å². The van der Waals surface area contributed by atoms with Gasteiger partial charge in [-0.2, -0.15) is 0 Å². The van der Waals surface area contributed by atoms with E-state index < -0.39 is 48.4 Å². The van der Waals surface area contributed by atoms with E-state index in [1.54, 1.807) is 24.3 Å². The fourth-order valence-corrected chi connectivity index (χ4v) is 4.61. The predicted molar refractivity (Wildman–Crippen MR) is 106 cm³/mol. The second kappa shape index (κ2) is 9.30. The molecule has 3 rings (SSSR count). The highest BCUT2D eigenvalue weighted by Crippen LogP contribution is 2.39. The molecule has 2 heterocycles. The number of carbonyl (C=O) groups is 1. The van der Waals surface area contributed by atoms with Gasteiger partial charge in [-0.25, -0.2) is 0 Å². The van der Waals surface area contributed by atoms with Crippen LogP contribution in [0.2, 0.25) is 0 Å². The number of cyclic esters (lactones) is 1. The minimum absolute atomic E-state index is 0.190. The number of hydrogen-bond acceptors (Lipinski definition) is 8. The van der Waals surface area contributed by atoms with Gasteiger partial charge in [-0.05, 0) is 23.8 Å². The van der Waals surface area contributed by atoms with Gasteiger partial charge in [0.1, 0.15) is 18.3 Å². The van der Waals surface area contributed by atoms with Crippen molar-refractivity contribution in [1.29, 1.82) is 0 Å². The highest BCUT2D eigenvalue weighted by Gasteiger charge is 2.55. The third-order valence-corrected chi connectivity index (χ3v) is 6.31. The Balaban J connectivity index is 1.94. The first-order chi connectivity index (χ1) is 14.2. The lowest BCUT2D eigenvalue weighted by atomic mass is 9.80. The van der Waals surface area contributed by atoms with Gasteiger partial charge >= 0.3 is 5.97 Å². The Kier molecular flexibility index (Phi) is 7.16. The highest BCUT2D eigenvalue weighted by molar-refractivity contribution is 5.70. The normalized spacial score (nSPS) is 43.2. The molecule has 1 aromatic rings. The van der Waals surface area contributed by atoms with E-state index >= 15 is 0 Å². The molecule has 0 aromatic heterocycles. The Morgan fingerprint density at radius 1 is 1.03 bits per heavy atom. The van der Waals surface area contributed by atoms with Crippen molar-refractivity contribution < 1.29 is 39.4 Å². The largest absolute Gasteiger partial charge is 0.455 e. The number of aliphatic hydroxyl groups is 4. The number of fused-ring (bicyclic) bond motifs is 2. The molecule has 4 N–H and O–H groups in total. The molecular formula is C22H32O8. The lowest BCUT2D eigenvalue weighted by Gasteiger charge is -2.49. The molecule has 0 radical (unpaired) electrons. The number of hydrogen-bond donors (Lipinski definition) is 4. The maximum absolute atomic E-state index is 12.6. The van der Waals surface area contributed by atoms with E-state index in [9.17, 15) is 25.2 Å². The van der Waals surface area contributed by atoms with Gasteiger partial charge in [0.05, 0.1) is 18.6 Å². The van der Waals surface area contributed by atoms with E-state index in [1.165, 1.54) is 7.11 Å². The summed E-state index contributed by atoms with van der Waals surface area (Å²) in [4.78, 5) is 12.6. The summed E-state index contributed by atoms with van der Waals surface area (Å²) in [5.41, 5.74) is 0.676. The molecule has 2 bridgehead atoms. The second-order valence-corrected chi connectivity index (χ2v) is 8.57. The van der Waals surface area contributed by atoms with Crippen molar-refractivity contribution in [3.05, 3.63) is 35.9 Å². The van der Waals surface area contributed by atoms with Crippen molar-refractivity contribution >= 4 is 5.97 Å². The minimum atomic E-state index is -1.96. The monoisotopic (exact) mass is 424 g/mol. The summed E-state index contributed by atoms with van der Waals surface area (Å²) < 4.78 is 16.6. The van der Waals surface area contributed by atoms with Crippen LogP contribution in [0.5, 0.6) is 0 Å². The average Bonchev–Trinajstić information content (AvgIpc) is 2.73. The van der Waals surface area contributed by atoms with E-state index in [-0.39, 0.29) is 24.7 Å². The zero-order chi connectivity index (χ0) is 22.1. The van der Waals surface area contributed by atoms with Crippen molar-refractivity contribution in [3.8, 4) is 0 Å². The van der Waals surface area contributed by atoms with Crippen LogP contribution in [-0.4, -0.2) is 69.8 Å². The molecule has 2 aliphatic heterocycles. The summed E-state index contributed by atoms with van der Waals surface area (Å²) >= 11 is 0. The zero-order valence-corrected chi connectivity index (χ0v) is 17.5. The van der Waals surface area contributed by atoms with Gasteiger partial charge in [-0.3, -0.25) is 4.79 Å². The predicted octanol–water partition coefficient (Wildman–Crippen LogP) is 0.912. The fraction of sp³-hybridized carbons (Fsp3) is 0.682. The van der Waals surface area contributed by atoms with Crippen molar-refractivity contribution in [2.24, 2.45) is 11.8 Å². The SMILES string of the molecule is COC1[C@@H](O)[C@H](O)[C@H]2O[C@]1(O)CCC(=O)OC(c1ccccc1)[C@H](O)[C@H](C)C[C@@H]2C. The van der Waals surface area contributed by atoms with Crippen LogP contribution in [0, 0.1) is 11.8 Å². The van der Waals surface area contributed by atoms with Crippen LogP contribution in [0.1, 0.15) is 44.8 Å². The molecule has 2 saturated heterocycles. The number of rotatable bonds is 2. The topological polar surface area (TPSA) is 126 Å². The molecule has 8 heteroatoms. The number of ether oxygens (including phenoxy) is 3. The molecule has 0 amide bonds. The van der Waals surface area contributed by atoms with E-state index in [0.717, 1.165) is 0 Å². The van der Waals surface area contributed by atoms with Crippen LogP contribution in [0.15, 0.2) is 30.3 Å². The average molecular weight is 424 g/mol. The second-order valence-electron chi connectivity index (χ2n) is 8.57. The van der Waals surface area contributed by atoms with Crippen LogP contribution < -0.4 is 0 Å². The Morgan fingerprint density at radius 3 is 2.33 bits per heavy atom. The van der Waals surface area contributed by atoms with Gasteiger partial charge in [-0.15, -0.1) is 0 Å². The first-order valence-electron chi connectivity index (χ1n) is 10.4. The summed E-state index contributed by atoms with van der Waals surface area (Å²) in [7, 11) is 1.30. The third kappa shape index (κ3) is 4.54. The molecule has 1 aromatic carbocycles. The van der Waals surface area contributed by atoms with Crippen molar-refractivity contribution in [2.45, 2.75) is 75.5 Å². The molecule has 9 atom stereocenters. The van der Waals surface area contributed by atoms with Crippen LogP contribution in [0.3, 0.4) is 0 Å². The smallest absolute Gasteiger partial charge is 0.306 e. The number of aliphatic hydroxyl groups excluding tert-OH is 3. The summed E-state index contributed by atoms with van der Waals surface area (Å²) in [6.07, 6.45) is -6.62. The standard InChI is InChI=1S/C22H32O8/c1-12-11-13(2)19-17(25)18(26)21(28-3)22(27,30-19)10-9-15(23)29-20(16(12)24)14-7-5-4-6-8-14/h4-8,12-13,16-21,24-27H,9-11H2,1-3H3/t12-,13+,16-,17+,18+,19+,20?,21?,22-/m1/s1. The first kappa shape index (κ1) is 23.1. The summed E-state index contributed by atoms with van der Waals surface area (Å²) in [6, 6.07) is 9.03. The quantitative estimate of drug-likeness (QED) is 0.516. The maximum atomic E-state index is 12.6. The van der Waals surface area contributed by atoms with Gasteiger partial charge in [-0.1, -0.05) is 44.2 Å². The van der Waals surface area contributed by atoms with Gasteiger partial charge in [0, 0.05) is 13.5 Å². The van der Waals surface area contributed by atoms with Crippen LogP contribution in [-0.2, 0) is 19.0 Å². The molecule has 0 spiro atoms.